The van der Waals surface area contributed by atoms with Crippen molar-refractivity contribution in [2.24, 2.45) is 5.92 Å². The van der Waals surface area contributed by atoms with E-state index in [1.165, 1.54) is 4.57 Å². The zero-order valence-electron chi connectivity index (χ0n) is 16.7. The summed E-state index contributed by atoms with van der Waals surface area (Å²) in [6.45, 7) is 6.26. The molecular weight excluding hydrogens is 390 g/mol. The molecule has 0 spiro atoms. The molecule has 7 heteroatoms. The van der Waals surface area contributed by atoms with Crippen LogP contribution in [0.25, 0.3) is 10.9 Å². The highest BCUT2D eigenvalue weighted by atomic mass is 35.5. The third-order valence-electron chi connectivity index (χ3n) is 4.77. The van der Waals surface area contributed by atoms with E-state index in [2.05, 4.69) is 5.32 Å². The summed E-state index contributed by atoms with van der Waals surface area (Å²) >= 11 is 6.13. The van der Waals surface area contributed by atoms with Gasteiger partial charge in [0.25, 0.3) is 5.56 Å². The van der Waals surface area contributed by atoms with Gasteiger partial charge in [-0.3, -0.25) is 18.7 Å². The number of halogens is 1. The minimum Gasteiger partial charge on any atom is -0.354 e. The van der Waals surface area contributed by atoms with Crippen LogP contribution in [0.3, 0.4) is 0 Å². The van der Waals surface area contributed by atoms with E-state index in [9.17, 15) is 14.4 Å². The lowest BCUT2D eigenvalue weighted by molar-refractivity contribution is -0.124. The van der Waals surface area contributed by atoms with Crippen LogP contribution in [0.15, 0.2) is 58.1 Å². The lowest BCUT2D eigenvalue weighted by Crippen LogP contribution is -2.45. The highest BCUT2D eigenvalue weighted by Gasteiger charge is 2.22. The van der Waals surface area contributed by atoms with E-state index in [1.807, 2.05) is 44.2 Å². The van der Waals surface area contributed by atoms with Crippen LogP contribution in [0.4, 0.5) is 0 Å². The fourth-order valence-corrected chi connectivity index (χ4v) is 3.37. The first-order valence-corrected chi connectivity index (χ1v) is 9.93. The molecule has 0 saturated carbocycles. The fourth-order valence-electron chi connectivity index (χ4n) is 3.20. The van der Waals surface area contributed by atoms with Gasteiger partial charge in [-0.25, -0.2) is 4.79 Å². The molecule has 1 unspecified atom stereocenters. The summed E-state index contributed by atoms with van der Waals surface area (Å²) in [6, 6.07) is 13.2. The van der Waals surface area contributed by atoms with Crippen LogP contribution in [0.5, 0.6) is 0 Å². The third-order valence-corrected chi connectivity index (χ3v) is 5.00. The Kier molecular flexibility index (Phi) is 6.23. The minimum absolute atomic E-state index is 0.122. The van der Waals surface area contributed by atoms with E-state index < -0.39 is 17.3 Å². The molecule has 0 aliphatic carbocycles. The van der Waals surface area contributed by atoms with Gasteiger partial charge in [-0.2, -0.15) is 0 Å². The zero-order valence-corrected chi connectivity index (χ0v) is 17.4. The first kappa shape index (κ1) is 20.9. The monoisotopic (exact) mass is 413 g/mol. The first-order chi connectivity index (χ1) is 13.8. The summed E-state index contributed by atoms with van der Waals surface area (Å²) in [4.78, 5) is 39.0. The Morgan fingerprint density at radius 3 is 2.41 bits per heavy atom. The van der Waals surface area contributed by atoms with Crippen LogP contribution in [-0.4, -0.2) is 21.6 Å². The van der Waals surface area contributed by atoms with Gasteiger partial charge in [-0.1, -0.05) is 55.8 Å². The maximum atomic E-state index is 13.3. The van der Waals surface area contributed by atoms with Crippen molar-refractivity contribution in [3.8, 4) is 0 Å². The average Bonchev–Trinajstić information content (AvgIpc) is 2.69. The topological polar surface area (TPSA) is 73.1 Å². The Morgan fingerprint density at radius 1 is 1.07 bits per heavy atom. The fraction of sp³-hybridized carbons (Fsp3) is 0.318. The quantitative estimate of drug-likeness (QED) is 0.674. The lowest BCUT2D eigenvalue weighted by Gasteiger charge is -2.20. The molecule has 0 bridgehead atoms. The molecule has 0 fully saturated rings. The summed E-state index contributed by atoms with van der Waals surface area (Å²) in [6.07, 6.45) is 0. The van der Waals surface area contributed by atoms with Crippen molar-refractivity contribution in [3.05, 3.63) is 80.0 Å². The van der Waals surface area contributed by atoms with Crippen LogP contribution in [0.2, 0.25) is 5.02 Å². The second kappa shape index (κ2) is 8.66. The molecule has 1 heterocycles. The van der Waals surface area contributed by atoms with Crippen molar-refractivity contribution < 1.29 is 4.79 Å². The van der Waals surface area contributed by atoms with Crippen molar-refractivity contribution in [1.29, 1.82) is 0 Å². The molecule has 1 atom stereocenters. The number of hydrogen-bond donors (Lipinski definition) is 1. The number of nitrogens with zero attached hydrogens (tertiary/aromatic N) is 2. The number of carbonyl (C=O) groups excluding carboxylic acids is 1. The molecule has 0 radical (unpaired) electrons. The molecule has 1 aromatic heterocycles. The van der Waals surface area contributed by atoms with Crippen molar-refractivity contribution >= 4 is 28.4 Å². The molecule has 0 aliphatic rings. The predicted octanol–water partition coefficient (Wildman–Crippen LogP) is 3.20. The number of carbonyl (C=O) groups is 1. The van der Waals surface area contributed by atoms with Gasteiger partial charge in [0.1, 0.15) is 6.04 Å². The summed E-state index contributed by atoms with van der Waals surface area (Å²) in [5.74, 6) is -0.00641. The minimum atomic E-state index is -0.801. The number of aromatic nitrogens is 2. The highest BCUT2D eigenvalue weighted by Crippen LogP contribution is 2.19. The number of amides is 1. The number of rotatable bonds is 6. The largest absolute Gasteiger partial charge is 0.354 e. The van der Waals surface area contributed by atoms with Crippen molar-refractivity contribution in [3.63, 3.8) is 0 Å². The highest BCUT2D eigenvalue weighted by molar-refractivity contribution is 6.31. The zero-order chi connectivity index (χ0) is 21.1. The molecule has 0 saturated heterocycles. The van der Waals surface area contributed by atoms with Crippen LogP contribution < -0.4 is 16.6 Å². The van der Waals surface area contributed by atoms with Crippen molar-refractivity contribution in [2.75, 3.05) is 6.54 Å². The summed E-state index contributed by atoms with van der Waals surface area (Å²) in [5, 5.41) is 3.58. The number of benzene rings is 2. The van der Waals surface area contributed by atoms with Gasteiger partial charge in [0.05, 0.1) is 17.4 Å². The number of fused-ring (bicyclic) bond motifs is 1. The molecule has 29 heavy (non-hydrogen) atoms. The summed E-state index contributed by atoms with van der Waals surface area (Å²) in [5.41, 5.74) is 0.227. The van der Waals surface area contributed by atoms with Gasteiger partial charge in [0, 0.05) is 11.6 Å². The molecule has 1 amide bonds. The molecular formula is C22H24ClN3O3. The van der Waals surface area contributed by atoms with Gasteiger partial charge in [0.2, 0.25) is 5.91 Å². The van der Waals surface area contributed by atoms with Crippen molar-refractivity contribution in [1.82, 2.24) is 14.5 Å². The van der Waals surface area contributed by atoms with Gasteiger partial charge >= 0.3 is 5.69 Å². The Morgan fingerprint density at radius 2 is 1.76 bits per heavy atom. The van der Waals surface area contributed by atoms with E-state index in [1.54, 1.807) is 25.1 Å². The summed E-state index contributed by atoms with van der Waals surface area (Å²) < 4.78 is 2.51. The van der Waals surface area contributed by atoms with E-state index in [4.69, 9.17) is 11.6 Å². The molecule has 3 aromatic rings. The predicted molar refractivity (Wildman–Crippen MR) is 116 cm³/mol. The second-order valence-electron chi connectivity index (χ2n) is 7.51. The van der Waals surface area contributed by atoms with Crippen LogP contribution >= 0.6 is 11.6 Å². The Hall–Kier alpha value is -2.86. The normalized spacial score (nSPS) is 12.3. The molecule has 6 nitrogen and oxygen atoms in total. The molecule has 152 valence electrons. The van der Waals surface area contributed by atoms with Crippen molar-refractivity contribution in [2.45, 2.75) is 33.4 Å². The van der Waals surface area contributed by atoms with E-state index in [0.29, 0.717) is 22.5 Å². The van der Waals surface area contributed by atoms with Crippen LogP contribution in [0, 0.1) is 5.92 Å². The second-order valence-corrected chi connectivity index (χ2v) is 7.94. The number of nitrogens with one attached hydrogen (secondary N) is 1. The Bertz CT molecular complexity index is 1150. The lowest BCUT2D eigenvalue weighted by atomic mass is 10.2. The van der Waals surface area contributed by atoms with Crippen LogP contribution in [0.1, 0.15) is 32.4 Å². The van der Waals surface area contributed by atoms with E-state index in [-0.39, 0.29) is 18.4 Å². The van der Waals surface area contributed by atoms with Gasteiger partial charge in [-0.05, 0) is 36.6 Å². The standard InChI is InChI=1S/C22H24ClN3O3/c1-14(2)12-24-20(27)15(3)26-19-11-17(23)9-10-18(19)21(28)25(22(26)29)13-16-7-5-4-6-8-16/h4-11,14-15H,12-13H2,1-3H3,(H,24,27). The maximum absolute atomic E-state index is 13.3. The summed E-state index contributed by atoms with van der Waals surface area (Å²) in [7, 11) is 0. The van der Waals surface area contributed by atoms with Gasteiger partial charge < -0.3 is 5.32 Å². The SMILES string of the molecule is CC(C)CNC(=O)C(C)n1c(=O)n(Cc2ccccc2)c(=O)c2ccc(Cl)cc21. The Balaban J connectivity index is 2.19. The van der Waals surface area contributed by atoms with Gasteiger partial charge in [-0.15, -0.1) is 0 Å². The molecule has 3 rings (SSSR count). The maximum Gasteiger partial charge on any atom is 0.332 e. The molecule has 1 N–H and O–H groups in total. The Labute approximate surface area is 173 Å². The molecule has 0 aliphatic heterocycles. The molecule has 2 aromatic carbocycles. The number of hydrogen-bond acceptors (Lipinski definition) is 3. The van der Waals surface area contributed by atoms with Crippen LogP contribution in [-0.2, 0) is 11.3 Å². The van der Waals surface area contributed by atoms with E-state index >= 15 is 0 Å². The smallest absolute Gasteiger partial charge is 0.332 e. The van der Waals surface area contributed by atoms with E-state index in [0.717, 1.165) is 10.1 Å². The van der Waals surface area contributed by atoms with Gasteiger partial charge in [0.15, 0.2) is 0 Å². The first-order valence-electron chi connectivity index (χ1n) is 9.56. The average molecular weight is 414 g/mol. The third kappa shape index (κ3) is 4.43.